The summed E-state index contributed by atoms with van der Waals surface area (Å²) >= 11 is 0. The van der Waals surface area contributed by atoms with Gasteiger partial charge >= 0.3 is 5.97 Å². The number of carbonyl (C=O) groups excluding carboxylic acids is 1. The van der Waals surface area contributed by atoms with Gasteiger partial charge in [-0.3, -0.25) is 9.59 Å². The predicted octanol–water partition coefficient (Wildman–Crippen LogP) is 1.43. The summed E-state index contributed by atoms with van der Waals surface area (Å²) in [5.41, 5.74) is 0. The second kappa shape index (κ2) is 6.57. The van der Waals surface area contributed by atoms with Gasteiger partial charge in [0.15, 0.2) is 0 Å². The molecule has 0 atom stereocenters. The molecule has 2 rings (SSSR count). The molecule has 2 aliphatic heterocycles. The second-order valence-electron chi connectivity index (χ2n) is 6.34. The van der Waals surface area contributed by atoms with Gasteiger partial charge in [-0.1, -0.05) is 0 Å². The first-order valence-electron chi connectivity index (χ1n) is 7.74. The van der Waals surface area contributed by atoms with E-state index in [0.29, 0.717) is 32.0 Å². The number of carboxylic acid groups (broad SMARTS) is 1. The summed E-state index contributed by atoms with van der Waals surface area (Å²) in [7, 11) is 0. The lowest BCUT2D eigenvalue weighted by Gasteiger charge is -2.37. The number of hydrogen-bond donors (Lipinski definition) is 1. The first kappa shape index (κ1) is 15.3. The van der Waals surface area contributed by atoms with E-state index in [1.165, 1.54) is 0 Å². The fourth-order valence-electron chi connectivity index (χ4n) is 3.27. The fraction of sp³-hybridized carbons (Fsp3) is 0.867. The maximum absolute atomic E-state index is 12.5. The van der Waals surface area contributed by atoms with Crippen molar-refractivity contribution in [3.05, 3.63) is 0 Å². The lowest BCUT2D eigenvalue weighted by molar-refractivity contribution is -0.147. The van der Waals surface area contributed by atoms with Crippen molar-refractivity contribution in [1.82, 2.24) is 9.80 Å². The average Bonchev–Trinajstić information content (AvgIpc) is 2.46. The summed E-state index contributed by atoms with van der Waals surface area (Å²) in [5.74, 6) is -0.590. The molecule has 0 radical (unpaired) electrons. The molecule has 2 heterocycles. The summed E-state index contributed by atoms with van der Waals surface area (Å²) in [6.07, 6.45) is 3.09. The lowest BCUT2D eigenvalue weighted by Crippen LogP contribution is -2.47. The zero-order valence-electron chi connectivity index (χ0n) is 12.5. The van der Waals surface area contributed by atoms with Crippen LogP contribution in [0.3, 0.4) is 0 Å². The third-order valence-corrected chi connectivity index (χ3v) is 4.76. The SMILES string of the molecule is CC(C)N1CCC(C(=O)N2CCC(C(=O)O)CC2)CC1. The van der Waals surface area contributed by atoms with Crippen molar-refractivity contribution in [2.75, 3.05) is 26.2 Å². The second-order valence-corrected chi connectivity index (χ2v) is 6.34. The number of amides is 1. The molecule has 2 aliphatic rings. The van der Waals surface area contributed by atoms with Gasteiger partial charge in [-0.2, -0.15) is 0 Å². The predicted molar refractivity (Wildman–Crippen MR) is 76.4 cm³/mol. The molecule has 20 heavy (non-hydrogen) atoms. The highest BCUT2D eigenvalue weighted by atomic mass is 16.4. The van der Waals surface area contributed by atoms with E-state index in [4.69, 9.17) is 5.11 Å². The molecule has 1 amide bonds. The lowest BCUT2D eigenvalue weighted by atomic mass is 9.92. The zero-order valence-corrected chi connectivity index (χ0v) is 12.5. The smallest absolute Gasteiger partial charge is 0.306 e. The van der Waals surface area contributed by atoms with Crippen LogP contribution in [-0.4, -0.2) is 59.0 Å². The first-order chi connectivity index (χ1) is 9.49. The van der Waals surface area contributed by atoms with Crippen molar-refractivity contribution in [2.45, 2.75) is 45.6 Å². The number of aliphatic carboxylic acids is 1. The van der Waals surface area contributed by atoms with Gasteiger partial charge in [0.05, 0.1) is 5.92 Å². The van der Waals surface area contributed by atoms with Crippen LogP contribution in [0.25, 0.3) is 0 Å². The Morgan fingerprint density at radius 3 is 1.90 bits per heavy atom. The molecular weight excluding hydrogens is 256 g/mol. The van der Waals surface area contributed by atoms with Crippen LogP contribution in [0.1, 0.15) is 39.5 Å². The van der Waals surface area contributed by atoms with Gasteiger partial charge in [0.1, 0.15) is 0 Å². The number of nitrogens with zero attached hydrogens (tertiary/aromatic N) is 2. The minimum absolute atomic E-state index is 0.145. The van der Waals surface area contributed by atoms with Crippen molar-refractivity contribution in [1.29, 1.82) is 0 Å². The maximum atomic E-state index is 12.5. The van der Waals surface area contributed by atoms with E-state index < -0.39 is 5.97 Å². The van der Waals surface area contributed by atoms with Crippen molar-refractivity contribution in [3.8, 4) is 0 Å². The Kier molecular flexibility index (Phi) is 5.02. The van der Waals surface area contributed by atoms with Crippen LogP contribution in [0.4, 0.5) is 0 Å². The van der Waals surface area contributed by atoms with Gasteiger partial charge in [0.2, 0.25) is 5.91 Å². The summed E-state index contributed by atoms with van der Waals surface area (Å²) in [5, 5.41) is 8.98. The molecule has 114 valence electrons. The van der Waals surface area contributed by atoms with Gasteiger partial charge in [-0.25, -0.2) is 0 Å². The molecule has 2 saturated heterocycles. The average molecular weight is 282 g/mol. The molecule has 1 N–H and O–H groups in total. The molecule has 5 heteroatoms. The molecule has 2 fully saturated rings. The summed E-state index contributed by atoms with van der Waals surface area (Å²) in [6, 6.07) is 0.553. The minimum atomic E-state index is -0.720. The van der Waals surface area contributed by atoms with Gasteiger partial charge < -0.3 is 14.9 Å². The van der Waals surface area contributed by atoms with E-state index in [1.54, 1.807) is 0 Å². The summed E-state index contributed by atoms with van der Waals surface area (Å²) in [6.45, 7) is 7.61. The Labute approximate surface area is 120 Å². The van der Waals surface area contributed by atoms with E-state index >= 15 is 0 Å². The Balaban J connectivity index is 1.80. The number of piperidine rings is 2. The first-order valence-corrected chi connectivity index (χ1v) is 7.74. The van der Waals surface area contributed by atoms with Crippen LogP contribution in [-0.2, 0) is 9.59 Å². The van der Waals surface area contributed by atoms with Crippen molar-refractivity contribution < 1.29 is 14.7 Å². The molecule has 0 spiro atoms. The van der Waals surface area contributed by atoms with Crippen LogP contribution < -0.4 is 0 Å². The van der Waals surface area contributed by atoms with E-state index in [0.717, 1.165) is 25.9 Å². The molecule has 0 unspecified atom stereocenters. The number of carbonyl (C=O) groups is 2. The van der Waals surface area contributed by atoms with Crippen molar-refractivity contribution in [2.24, 2.45) is 11.8 Å². The Morgan fingerprint density at radius 2 is 1.45 bits per heavy atom. The number of hydrogen-bond acceptors (Lipinski definition) is 3. The van der Waals surface area contributed by atoms with Crippen molar-refractivity contribution in [3.63, 3.8) is 0 Å². The number of carboxylic acids is 1. The Bertz CT molecular complexity index is 354. The number of likely N-dealkylation sites (tertiary alicyclic amines) is 2. The maximum Gasteiger partial charge on any atom is 0.306 e. The van der Waals surface area contributed by atoms with Gasteiger partial charge in [0.25, 0.3) is 0 Å². The molecule has 0 aromatic heterocycles. The summed E-state index contributed by atoms with van der Waals surface area (Å²) < 4.78 is 0. The molecule has 0 bridgehead atoms. The highest BCUT2D eigenvalue weighted by molar-refractivity contribution is 5.79. The molecule has 0 aromatic rings. The van der Waals surface area contributed by atoms with Gasteiger partial charge in [0, 0.05) is 25.0 Å². The molecule has 0 saturated carbocycles. The quantitative estimate of drug-likeness (QED) is 0.850. The van der Waals surface area contributed by atoms with Crippen LogP contribution >= 0.6 is 0 Å². The minimum Gasteiger partial charge on any atom is -0.481 e. The van der Waals surface area contributed by atoms with E-state index in [2.05, 4.69) is 18.7 Å². The summed E-state index contributed by atoms with van der Waals surface area (Å²) in [4.78, 5) is 27.7. The Hall–Kier alpha value is -1.10. The van der Waals surface area contributed by atoms with Crippen molar-refractivity contribution >= 4 is 11.9 Å². The van der Waals surface area contributed by atoms with Gasteiger partial charge in [-0.15, -0.1) is 0 Å². The Morgan fingerprint density at radius 1 is 0.950 bits per heavy atom. The number of rotatable bonds is 3. The van der Waals surface area contributed by atoms with Crippen LogP contribution in [0.2, 0.25) is 0 Å². The zero-order chi connectivity index (χ0) is 14.7. The third kappa shape index (κ3) is 3.51. The third-order valence-electron chi connectivity index (χ3n) is 4.76. The van der Waals surface area contributed by atoms with E-state index in [-0.39, 0.29) is 17.7 Å². The van der Waals surface area contributed by atoms with Crippen LogP contribution in [0.5, 0.6) is 0 Å². The van der Waals surface area contributed by atoms with E-state index in [9.17, 15) is 9.59 Å². The highest BCUT2D eigenvalue weighted by Crippen LogP contribution is 2.24. The van der Waals surface area contributed by atoms with Crippen LogP contribution in [0, 0.1) is 11.8 Å². The normalized spacial score (nSPS) is 23.2. The molecule has 0 aliphatic carbocycles. The molecule has 0 aromatic carbocycles. The monoisotopic (exact) mass is 282 g/mol. The fourth-order valence-corrected chi connectivity index (χ4v) is 3.27. The van der Waals surface area contributed by atoms with Crippen LogP contribution in [0.15, 0.2) is 0 Å². The topological polar surface area (TPSA) is 60.9 Å². The molecule has 5 nitrogen and oxygen atoms in total. The largest absolute Gasteiger partial charge is 0.481 e. The van der Waals surface area contributed by atoms with E-state index in [1.807, 2.05) is 4.90 Å². The standard InChI is InChI=1S/C15H26N2O3/c1-11(2)16-7-3-12(4-8-16)14(18)17-9-5-13(6-10-17)15(19)20/h11-13H,3-10H2,1-2H3,(H,19,20). The van der Waals surface area contributed by atoms with Gasteiger partial charge in [-0.05, 0) is 52.6 Å². The molecular formula is C15H26N2O3. The highest BCUT2D eigenvalue weighted by Gasteiger charge is 2.32.